The topological polar surface area (TPSA) is 95.2 Å². The van der Waals surface area contributed by atoms with Gasteiger partial charge in [0.1, 0.15) is 5.56 Å². The van der Waals surface area contributed by atoms with Crippen molar-refractivity contribution in [1.29, 1.82) is 0 Å². The molecule has 2 amide bonds. The largest absolute Gasteiger partial charge is 0.351 e. The molecule has 0 fully saturated rings. The van der Waals surface area contributed by atoms with E-state index >= 15 is 0 Å². The quantitative estimate of drug-likeness (QED) is 0.566. The Labute approximate surface area is 190 Å². The highest BCUT2D eigenvalue weighted by molar-refractivity contribution is 7.98. The van der Waals surface area contributed by atoms with E-state index in [2.05, 4.69) is 15.3 Å². The van der Waals surface area contributed by atoms with E-state index in [0.29, 0.717) is 43.6 Å². The van der Waals surface area contributed by atoms with E-state index in [-0.39, 0.29) is 11.5 Å². The van der Waals surface area contributed by atoms with Gasteiger partial charge in [-0.05, 0) is 60.2 Å². The fourth-order valence-corrected chi connectivity index (χ4v) is 4.24. The van der Waals surface area contributed by atoms with Crippen LogP contribution in [0.3, 0.4) is 0 Å². The summed E-state index contributed by atoms with van der Waals surface area (Å²) in [6.45, 7) is 1.19. The second-order valence-corrected chi connectivity index (χ2v) is 8.41. The molecular weight excluding hydrogens is 424 g/mol. The molecular formula is C24H24N4O3S. The molecule has 0 spiro atoms. The van der Waals surface area contributed by atoms with Crippen molar-refractivity contribution in [2.24, 2.45) is 0 Å². The van der Waals surface area contributed by atoms with Gasteiger partial charge in [-0.25, -0.2) is 0 Å². The third kappa shape index (κ3) is 4.75. The number of pyridine rings is 2. The number of fused-ring (bicyclic) bond motifs is 1. The first-order chi connectivity index (χ1) is 15.6. The summed E-state index contributed by atoms with van der Waals surface area (Å²) in [5, 5.41) is 2.83. The lowest BCUT2D eigenvalue weighted by molar-refractivity contribution is 0.0734. The molecule has 1 aliphatic heterocycles. The molecule has 4 rings (SSSR count). The maximum atomic E-state index is 12.9. The second kappa shape index (κ2) is 9.82. The van der Waals surface area contributed by atoms with E-state index in [1.807, 2.05) is 48.7 Å². The molecule has 0 saturated carbocycles. The number of rotatable bonds is 6. The first kappa shape index (κ1) is 21.8. The van der Waals surface area contributed by atoms with Gasteiger partial charge in [0.05, 0.1) is 0 Å². The lowest BCUT2D eigenvalue weighted by atomic mass is 9.96. The first-order valence-electron chi connectivity index (χ1n) is 10.4. The molecule has 3 heterocycles. The van der Waals surface area contributed by atoms with E-state index < -0.39 is 11.5 Å². The number of carbonyl (C=O) groups excluding carboxylic acids is 2. The number of nitrogens with zero attached hydrogens (tertiary/aromatic N) is 2. The fourth-order valence-electron chi connectivity index (χ4n) is 3.84. The van der Waals surface area contributed by atoms with Crippen molar-refractivity contribution in [2.45, 2.75) is 24.3 Å². The van der Waals surface area contributed by atoms with Crippen LogP contribution in [0.2, 0.25) is 0 Å². The zero-order chi connectivity index (χ0) is 22.5. The van der Waals surface area contributed by atoms with E-state index in [4.69, 9.17) is 0 Å². The number of hydrogen-bond donors (Lipinski definition) is 2. The minimum absolute atomic E-state index is 0.0594. The molecule has 0 bridgehead atoms. The molecule has 8 heteroatoms. The highest BCUT2D eigenvalue weighted by Crippen LogP contribution is 2.22. The number of thioether (sulfide) groups is 1. The molecule has 32 heavy (non-hydrogen) atoms. The third-order valence-electron chi connectivity index (χ3n) is 5.53. The van der Waals surface area contributed by atoms with E-state index in [1.54, 1.807) is 29.1 Å². The van der Waals surface area contributed by atoms with E-state index in [1.165, 1.54) is 0 Å². The summed E-state index contributed by atoms with van der Waals surface area (Å²) in [5.41, 5.74) is 2.73. The van der Waals surface area contributed by atoms with Crippen LogP contribution in [0.5, 0.6) is 0 Å². The maximum absolute atomic E-state index is 12.9. The lowest BCUT2D eigenvalue weighted by Crippen LogP contribution is -2.40. The molecule has 1 aromatic carbocycles. The molecule has 0 unspecified atom stereocenters. The zero-order valence-electron chi connectivity index (χ0n) is 17.8. The third-order valence-corrected chi connectivity index (χ3v) is 6.27. The summed E-state index contributed by atoms with van der Waals surface area (Å²) in [6.07, 6.45) is 6.34. The molecule has 2 aromatic heterocycles. The molecule has 0 aliphatic carbocycles. The smallest absolute Gasteiger partial charge is 0.261 e. The van der Waals surface area contributed by atoms with Crippen molar-refractivity contribution < 1.29 is 9.59 Å². The van der Waals surface area contributed by atoms with Gasteiger partial charge in [0, 0.05) is 54.6 Å². The van der Waals surface area contributed by atoms with E-state index in [9.17, 15) is 14.4 Å². The summed E-state index contributed by atoms with van der Waals surface area (Å²) in [4.78, 5) is 47.9. The molecule has 1 aliphatic rings. The number of aromatic nitrogens is 2. The SMILES string of the molecule is CSc1ccc(C(=O)N2CCc3c(c[nH]c(=O)c3C(=O)NCCc3ccccn3)C2)cc1. The monoisotopic (exact) mass is 448 g/mol. The summed E-state index contributed by atoms with van der Waals surface area (Å²) in [6, 6.07) is 13.1. The minimum atomic E-state index is -0.411. The second-order valence-electron chi connectivity index (χ2n) is 7.53. The Kier molecular flexibility index (Phi) is 6.70. The predicted octanol–water partition coefficient (Wildman–Crippen LogP) is 2.66. The van der Waals surface area contributed by atoms with Crippen molar-refractivity contribution in [3.63, 3.8) is 0 Å². The molecule has 0 saturated heterocycles. The Hall–Kier alpha value is -3.39. The number of amides is 2. The van der Waals surface area contributed by atoms with Crippen molar-refractivity contribution in [3.05, 3.63) is 93.2 Å². The van der Waals surface area contributed by atoms with Gasteiger partial charge >= 0.3 is 0 Å². The normalized spacial score (nSPS) is 12.8. The van der Waals surface area contributed by atoms with Gasteiger partial charge in [0.2, 0.25) is 0 Å². The van der Waals surface area contributed by atoms with Crippen LogP contribution in [0.4, 0.5) is 0 Å². The van der Waals surface area contributed by atoms with Crippen molar-refractivity contribution in [3.8, 4) is 0 Å². The van der Waals surface area contributed by atoms with Gasteiger partial charge in [-0.1, -0.05) is 6.07 Å². The predicted molar refractivity (Wildman–Crippen MR) is 124 cm³/mol. The van der Waals surface area contributed by atoms with Gasteiger partial charge in [0.15, 0.2) is 0 Å². The summed E-state index contributed by atoms with van der Waals surface area (Å²) in [7, 11) is 0. The number of hydrogen-bond acceptors (Lipinski definition) is 5. The van der Waals surface area contributed by atoms with Crippen molar-refractivity contribution in [2.75, 3.05) is 19.3 Å². The number of H-pyrrole nitrogens is 1. The average molecular weight is 449 g/mol. The van der Waals surface area contributed by atoms with Crippen LogP contribution in [0.1, 0.15) is 37.5 Å². The highest BCUT2D eigenvalue weighted by atomic mass is 32.2. The lowest BCUT2D eigenvalue weighted by Gasteiger charge is -2.29. The van der Waals surface area contributed by atoms with Gasteiger partial charge in [-0.15, -0.1) is 11.8 Å². The Morgan fingerprint density at radius 1 is 1.19 bits per heavy atom. The number of nitrogens with one attached hydrogen (secondary N) is 2. The Bertz CT molecular complexity index is 1180. The molecule has 0 atom stereocenters. The fraction of sp³-hybridized carbons (Fsp3) is 0.250. The summed E-state index contributed by atoms with van der Waals surface area (Å²) < 4.78 is 0. The van der Waals surface area contributed by atoms with E-state index in [0.717, 1.165) is 16.2 Å². The van der Waals surface area contributed by atoms with Crippen LogP contribution < -0.4 is 10.9 Å². The number of aromatic amines is 1. The van der Waals surface area contributed by atoms with Gasteiger partial charge in [-0.3, -0.25) is 19.4 Å². The first-order valence-corrected chi connectivity index (χ1v) is 11.6. The number of carbonyl (C=O) groups is 2. The molecule has 2 N–H and O–H groups in total. The van der Waals surface area contributed by atoms with Crippen molar-refractivity contribution in [1.82, 2.24) is 20.2 Å². The standard InChI is InChI=1S/C24H24N4O3S/c1-32-19-7-5-16(6-8-19)24(31)28-13-10-20-17(15-28)14-27-23(30)21(20)22(29)26-12-9-18-4-2-3-11-25-18/h2-8,11,14H,9-10,12-13,15H2,1H3,(H,26,29)(H,27,30). The molecule has 3 aromatic rings. The Morgan fingerprint density at radius 3 is 2.72 bits per heavy atom. The Morgan fingerprint density at radius 2 is 2.00 bits per heavy atom. The van der Waals surface area contributed by atoms with Crippen LogP contribution in [0, 0.1) is 0 Å². The zero-order valence-corrected chi connectivity index (χ0v) is 18.6. The van der Waals surface area contributed by atoms with Crippen LogP contribution in [-0.2, 0) is 19.4 Å². The summed E-state index contributed by atoms with van der Waals surface area (Å²) >= 11 is 1.63. The van der Waals surface area contributed by atoms with Crippen LogP contribution >= 0.6 is 11.8 Å². The van der Waals surface area contributed by atoms with Crippen LogP contribution in [0.25, 0.3) is 0 Å². The number of benzene rings is 1. The van der Waals surface area contributed by atoms with Crippen LogP contribution in [-0.4, -0.2) is 46.0 Å². The van der Waals surface area contributed by atoms with Gasteiger partial charge in [0.25, 0.3) is 17.4 Å². The summed E-state index contributed by atoms with van der Waals surface area (Å²) in [5.74, 6) is -0.456. The highest BCUT2D eigenvalue weighted by Gasteiger charge is 2.27. The minimum Gasteiger partial charge on any atom is -0.351 e. The van der Waals surface area contributed by atoms with Crippen LogP contribution in [0.15, 0.2) is 64.5 Å². The van der Waals surface area contributed by atoms with Gasteiger partial charge in [-0.2, -0.15) is 0 Å². The molecule has 164 valence electrons. The average Bonchev–Trinajstić information content (AvgIpc) is 2.84. The Balaban J connectivity index is 1.46. The molecule has 0 radical (unpaired) electrons. The maximum Gasteiger partial charge on any atom is 0.261 e. The van der Waals surface area contributed by atoms with Crippen molar-refractivity contribution >= 4 is 23.6 Å². The molecule has 7 nitrogen and oxygen atoms in total. The van der Waals surface area contributed by atoms with Gasteiger partial charge < -0.3 is 15.2 Å².